The maximum Gasteiger partial charge on any atom is 0.355 e. The van der Waals surface area contributed by atoms with E-state index in [2.05, 4.69) is 4.98 Å². The number of nitrogens with zero attached hydrogens (tertiary/aromatic N) is 1. The number of rotatable bonds is 5. The van der Waals surface area contributed by atoms with Crippen LogP contribution in [0.25, 0.3) is 10.8 Å². The molecule has 0 atom stereocenters. The highest BCUT2D eigenvalue weighted by molar-refractivity contribution is 6.26. The summed E-state index contributed by atoms with van der Waals surface area (Å²) in [6.45, 7) is 5.35. The van der Waals surface area contributed by atoms with Gasteiger partial charge in [0.2, 0.25) is 0 Å². The molecule has 0 fully saturated rings. The third-order valence-corrected chi connectivity index (χ3v) is 5.15. The molecule has 2 aromatic carbocycles. The monoisotopic (exact) mass is 376 g/mol. The van der Waals surface area contributed by atoms with Crippen LogP contribution in [0.2, 0.25) is 0 Å². The van der Waals surface area contributed by atoms with Gasteiger partial charge in [-0.3, -0.25) is 14.5 Å². The summed E-state index contributed by atoms with van der Waals surface area (Å²) in [7, 11) is 0. The Morgan fingerprint density at radius 1 is 1.11 bits per heavy atom. The van der Waals surface area contributed by atoms with E-state index in [4.69, 9.17) is 4.74 Å². The van der Waals surface area contributed by atoms with Gasteiger partial charge < -0.3 is 9.72 Å². The minimum atomic E-state index is -0.489. The van der Waals surface area contributed by atoms with Crippen molar-refractivity contribution in [3.8, 4) is 0 Å². The van der Waals surface area contributed by atoms with E-state index in [1.165, 1.54) is 4.90 Å². The third kappa shape index (κ3) is 2.60. The zero-order valence-corrected chi connectivity index (χ0v) is 16.0. The zero-order valence-electron chi connectivity index (χ0n) is 16.0. The average Bonchev–Trinajstić information content (AvgIpc) is 3.12. The summed E-state index contributed by atoms with van der Waals surface area (Å²) in [6, 6.07) is 11.3. The van der Waals surface area contributed by atoms with Crippen LogP contribution in [0.1, 0.15) is 49.4 Å². The van der Waals surface area contributed by atoms with Gasteiger partial charge in [0, 0.05) is 22.2 Å². The number of carbonyl (C=O) groups is 3. The van der Waals surface area contributed by atoms with E-state index in [1.54, 1.807) is 26.8 Å². The summed E-state index contributed by atoms with van der Waals surface area (Å²) >= 11 is 0. The molecule has 0 unspecified atom stereocenters. The molecule has 28 heavy (non-hydrogen) atoms. The van der Waals surface area contributed by atoms with Gasteiger partial charge in [-0.1, -0.05) is 24.3 Å². The van der Waals surface area contributed by atoms with Crippen LogP contribution in [0.5, 0.6) is 0 Å². The van der Waals surface area contributed by atoms with Crippen LogP contribution in [0, 0.1) is 13.8 Å². The molecule has 4 rings (SSSR count). The molecule has 0 aliphatic carbocycles. The summed E-state index contributed by atoms with van der Waals surface area (Å²) < 4.78 is 5.04. The lowest BCUT2D eigenvalue weighted by molar-refractivity contribution is 0.0519. The van der Waals surface area contributed by atoms with Crippen molar-refractivity contribution in [3.05, 3.63) is 64.5 Å². The summed E-state index contributed by atoms with van der Waals surface area (Å²) in [6.07, 6.45) is 0. The Labute approximate surface area is 162 Å². The van der Waals surface area contributed by atoms with Crippen LogP contribution in [0.3, 0.4) is 0 Å². The first-order valence-electron chi connectivity index (χ1n) is 9.17. The molecule has 3 aromatic rings. The van der Waals surface area contributed by atoms with Gasteiger partial charge in [0.15, 0.2) is 5.78 Å². The van der Waals surface area contributed by atoms with Crippen molar-refractivity contribution < 1.29 is 19.1 Å². The maximum atomic E-state index is 13.1. The second-order valence-electron chi connectivity index (χ2n) is 6.84. The van der Waals surface area contributed by atoms with E-state index >= 15 is 0 Å². The highest BCUT2D eigenvalue weighted by atomic mass is 16.5. The fourth-order valence-corrected chi connectivity index (χ4v) is 3.93. The number of amides is 1. The number of nitrogens with one attached hydrogen (secondary N) is 1. The van der Waals surface area contributed by atoms with E-state index in [0.29, 0.717) is 22.4 Å². The van der Waals surface area contributed by atoms with Gasteiger partial charge in [-0.25, -0.2) is 4.79 Å². The number of esters is 1. The number of hydrogen-bond acceptors (Lipinski definition) is 4. The van der Waals surface area contributed by atoms with Gasteiger partial charge >= 0.3 is 5.97 Å². The third-order valence-electron chi connectivity index (χ3n) is 5.15. The number of ether oxygens (including phenoxy) is 1. The minimum absolute atomic E-state index is 0.0889. The first kappa shape index (κ1) is 18.0. The first-order chi connectivity index (χ1) is 13.4. The standard InChI is InChI=1S/C22H20N2O4/c1-4-28-22(27)20-12(2)18(13(3)23-20)17(25)11-24-16-10-6-8-14-7-5-9-15(19(14)16)21(24)26/h5-10,23H,4,11H2,1-3H3. The molecular weight excluding hydrogens is 356 g/mol. The number of benzene rings is 2. The Morgan fingerprint density at radius 3 is 2.54 bits per heavy atom. The summed E-state index contributed by atoms with van der Waals surface area (Å²) in [4.78, 5) is 42.5. The molecule has 0 saturated carbocycles. The average molecular weight is 376 g/mol. The predicted molar refractivity (Wildman–Crippen MR) is 106 cm³/mol. The number of carbonyl (C=O) groups excluding carboxylic acids is 3. The Bertz CT molecular complexity index is 1140. The number of H-pyrrole nitrogens is 1. The number of hydrogen-bond donors (Lipinski definition) is 1. The first-order valence-corrected chi connectivity index (χ1v) is 9.17. The largest absolute Gasteiger partial charge is 0.461 e. The van der Waals surface area contributed by atoms with Crippen LogP contribution in [-0.4, -0.2) is 35.8 Å². The topological polar surface area (TPSA) is 79.5 Å². The van der Waals surface area contributed by atoms with Crippen LogP contribution in [0.15, 0.2) is 36.4 Å². The van der Waals surface area contributed by atoms with Gasteiger partial charge in [-0.05, 0) is 43.9 Å². The Balaban J connectivity index is 1.68. The van der Waals surface area contributed by atoms with E-state index in [1.807, 2.05) is 30.3 Å². The zero-order chi connectivity index (χ0) is 20.0. The van der Waals surface area contributed by atoms with Crippen molar-refractivity contribution in [1.82, 2.24) is 4.98 Å². The molecule has 0 saturated heterocycles. The van der Waals surface area contributed by atoms with Crippen molar-refractivity contribution in [1.29, 1.82) is 0 Å². The molecule has 0 spiro atoms. The molecule has 1 aliphatic heterocycles. The SMILES string of the molecule is CCOC(=O)c1[nH]c(C)c(C(=O)CN2C(=O)c3cccc4cccc2c34)c1C. The van der Waals surface area contributed by atoms with Gasteiger partial charge in [-0.2, -0.15) is 0 Å². The lowest BCUT2D eigenvalue weighted by atomic mass is 10.0. The fourth-order valence-electron chi connectivity index (χ4n) is 3.93. The van der Waals surface area contributed by atoms with Crippen LogP contribution < -0.4 is 4.90 Å². The second-order valence-corrected chi connectivity index (χ2v) is 6.84. The molecule has 0 radical (unpaired) electrons. The Morgan fingerprint density at radius 2 is 1.82 bits per heavy atom. The van der Waals surface area contributed by atoms with E-state index in [-0.39, 0.29) is 30.5 Å². The molecule has 6 heteroatoms. The quantitative estimate of drug-likeness (QED) is 0.542. The summed E-state index contributed by atoms with van der Waals surface area (Å²) in [5.74, 6) is -0.895. The summed E-state index contributed by atoms with van der Waals surface area (Å²) in [5, 5.41) is 1.84. The number of Topliss-reactive ketones (excluding diaryl/α,β-unsaturated/α-hetero) is 1. The molecule has 1 aliphatic rings. The number of anilines is 1. The highest BCUT2D eigenvalue weighted by Crippen LogP contribution is 2.37. The van der Waals surface area contributed by atoms with E-state index < -0.39 is 5.97 Å². The van der Waals surface area contributed by atoms with Gasteiger partial charge in [0.25, 0.3) is 5.91 Å². The number of aromatic amines is 1. The number of ketones is 1. The van der Waals surface area contributed by atoms with Crippen LogP contribution in [0.4, 0.5) is 5.69 Å². The van der Waals surface area contributed by atoms with Crippen molar-refractivity contribution in [2.45, 2.75) is 20.8 Å². The predicted octanol–water partition coefficient (Wildman–Crippen LogP) is 3.80. The van der Waals surface area contributed by atoms with Crippen LogP contribution in [-0.2, 0) is 4.74 Å². The molecule has 1 aromatic heterocycles. The molecule has 2 heterocycles. The number of aryl methyl sites for hydroxylation is 1. The van der Waals surface area contributed by atoms with E-state index in [9.17, 15) is 14.4 Å². The lowest BCUT2D eigenvalue weighted by Gasteiger charge is -2.17. The second kappa shape index (κ2) is 6.64. The van der Waals surface area contributed by atoms with Crippen molar-refractivity contribution in [3.63, 3.8) is 0 Å². The maximum absolute atomic E-state index is 13.1. The van der Waals surface area contributed by atoms with Crippen molar-refractivity contribution in [2.75, 3.05) is 18.1 Å². The lowest BCUT2D eigenvalue weighted by Crippen LogP contribution is -2.33. The Kier molecular flexibility index (Phi) is 4.26. The molecular formula is C22H20N2O4. The Hall–Kier alpha value is -3.41. The minimum Gasteiger partial charge on any atom is -0.461 e. The molecule has 1 amide bonds. The smallest absolute Gasteiger partial charge is 0.355 e. The fraction of sp³-hybridized carbons (Fsp3) is 0.227. The molecule has 1 N–H and O–H groups in total. The highest BCUT2D eigenvalue weighted by Gasteiger charge is 2.32. The van der Waals surface area contributed by atoms with Gasteiger partial charge in [-0.15, -0.1) is 0 Å². The van der Waals surface area contributed by atoms with Crippen LogP contribution >= 0.6 is 0 Å². The van der Waals surface area contributed by atoms with Gasteiger partial charge in [0.05, 0.1) is 18.8 Å². The molecule has 0 bridgehead atoms. The number of aromatic nitrogens is 1. The van der Waals surface area contributed by atoms with Crippen molar-refractivity contribution >= 4 is 34.1 Å². The molecule has 142 valence electrons. The normalized spacial score (nSPS) is 12.7. The van der Waals surface area contributed by atoms with Crippen molar-refractivity contribution in [2.24, 2.45) is 0 Å². The summed E-state index contributed by atoms with van der Waals surface area (Å²) in [5.41, 5.74) is 3.19. The van der Waals surface area contributed by atoms with Gasteiger partial charge in [0.1, 0.15) is 5.69 Å². The molecule has 6 nitrogen and oxygen atoms in total. The van der Waals surface area contributed by atoms with E-state index in [0.717, 1.165) is 16.5 Å².